The van der Waals surface area contributed by atoms with Crippen LogP contribution in [0.2, 0.25) is 0 Å². The fourth-order valence-electron chi connectivity index (χ4n) is 2.24. The summed E-state index contributed by atoms with van der Waals surface area (Å²) in [7, 11) is 1.71. The number of ether oxygens (including phenoxy) is 3. The van der Waals surface area contributed by atoms with E-state index < -0.39 is 5.60 Å². The number of methoxy groups -OCH3 is 1. The van der Waals surface area contributed by atoms with Crippen molar-refractivity contribution in [2.45, 2.75) is 50.9 Å². The van der Waals surface area contributed by atoms with Crippen LogP contribution in [0.25, 0.3) is 0 Å². The predicted octanol–water partition coefficient (Wildman–Crippen LogP) is 1.80. The van der Waals surface area contributed by atoms with Gasteiger partial charge in [0.1, 0.15) is 11.7 Å². The van der Waals surface area contributed by atoms with E-state index in [1.807, 2.05) is 20.8 Å². The van der Waals surface area contributed by atoms with Gasteiger partial charge in [-0.25, -0.2) is 4.79 Å². The second-order valence-electron chi connectivity index (χ2n) is 6.05. The molecule has 0 aromatic rings. The van der Waals surface area contributed by atoms with Gasteiger partial charge in [0.15, 0.2) is 0 Å². The maximum Gasteiger partial charge on any atom is 0.410 e. The van der Waals surface area contributed by atoms with Gasteiger partial charge in [-0.15, -0.1) is 0 Å². The van der Waals surface area contributed by atoms with Crippen molar-refractivity contribution < 1.29 is 19.0 Å². The van der Waals surface area contributed by atoms with Crippen LogP contribution >= 0.6 is 0 Å². The minimum atomic E-state index is -0.455. The molecule has 0 spiro atoms. The maximum absolute atomic E-state index is 12.0. The molecule has 0 aromatic heterocycles. The molecule has 0 aromatic carbocycles. The first kappa shape index (κ1) is 13.6. The lowest BCUT2D eigenvalue weighted by molar-refractivity contribution is -0.112. The smallest absolute Gasteiger partial charge is 0.410 e. The van der Waals surface area contributed by atoms with E-state index in [0.717, 1.165) is 12.8 Å². The number of nitrogens with zero attached hydrogens (tertiary/aromatic N) is 1. The topological polar surface area (TPSA) is 48.0 Å². The second-order valence-corrected chi connectivity index (χ2v) is 6.05. The Morgan fingerprint density at radius 1 is 1.39 bits per heavy atom. The lowest BCUT2D eigenvalue weighted by atomic mass is 10.1. The third kappa shape index (κ3) is 2.95. The SMILES string of the molecule is COC1(C2CN(C(=O)OC(C)(C)C)CCO2)CC1. The average molecular weight is 257 g/mol. The summed E-state index contributed by atoms with van der Waals surface area (Å²) in [6.45, 7) is 7.32. The summed E-state index contributed by atoms with van der Waals surface area (Å²) in [5.41, 5.74) is -0.621. The first-order valence-corrected chi connectivity index (χ1v) is 6.51. The van der Waals surface area contributed by atoms with Gasteiger partial charge in [-0.1, -0.05) is 0 Å². The number of amides is 1. The Labute approximate surface area is 108 Å². The average Bonchev–Trinajstić information content (AvgIpc) is 3.08. The summed E-state index contributed by atoms with van der Waals surface area (Å²) < 4.78 is 16.6. The van der Waals surface area contributed by atoms with E-state index >= 15 is 0 Å². The largest absolute Gasteiger partial charge is 0.444 e. The molecule has 5 nitrogen and oxygen atoms in total. The zero-order valence-corrected chi connectivity index (χ0v) is 11.7. The molecule has 1 saturated carbocycles. The van der Waals surface area contributed by atoms with E-state index in [2.05, 4.69) is 0 Å². The highest BCUT2D eigenvalue weighted by molar-refractivity contribution is 5.68. The third-order valence-electron chi connectivity index (χ3n) is 3.45. The molecule has 0 N–H and O–H groups in total. The molecule has 104 valence electrons. The van der Waals surface area contributed by atoms with Crippen molar-refractivity contribution in [3.8, 4) is 0 Å². The Balaban J connectivity index is 1.93. The summed E-state index contributed by atoms with van der Waals surface area (Å²) in [6, 6.07) is 0. The number of carbonyl (C=O) groups excluding carboxylic acids is 1. The standard InChI is InChI=1S/C13H23NO4/c1-12(2,3)18-11(15)14-7-8-17-10(9-14)13(16-4)5-6-13/h10H,5-9H2,1-4H3. The molecule has 1 amide bonds. The van der Waals surface area contributed by atoms with Crippen LogP contribution in [0.5, 0.6) is 0 Å². The highest BCUT2D eigenvalue weighted by Gasteiger charge is 2.52. The summed E-state index contributed by atoms with van der Waals surface area (Å²) in [5, 5.41) is 0. The first-order valence-electron chi connectivity index (χ1n) is 6.51. The van der Waals surface area contributed by atoms with Gasteiger partial charge in [0, 0.05) is 13.7 Å². The Bertz CT molecular complexity index is 319. The van der Waals surface area contributed by atoms with E-state index in [1.54, 1.807) is 12.0 Å². The third-order valence-corrected chi connectivity index (χ3v) is 3.45. The van der Waals surface area contributed by atoms with Crippen molar-refractivity contribution in [2.24, 2.45) is 0 Å². The zero-order valence-electron chi connectivity index (χ0n) is 11.7. The van der Waals surface area contributed by atoms with E-state index in [0.29, 0.717) is 19.7 Å². The minimum absolute atomic E-state index is 0.0243. The van der Waals surface area contributed by atoms with E-state index in [-0.39, 0.29) is 17.8 Å². The minimum Gasteiger partial charge on any atom is -0.444 e. The summed E-state index contributed by atoms with van der Waals surface area (Å²) in [4.78, 5) is 13.7. The fraction of sp³-hybridized carbons (Fsp3) is 0.923. The summed E-state index contributed by atoms with van der Waals surface area (Å²) in [6.07, 6.45) is 1.73. The lowest BCUT2D eigenvalue weighted by Crippen LogP contribution is -2.52. The van der Waals surface area contributed by atoms with Crippen molar-refractivity contribution in [2.75, 3.05) is 26.8 Å². The van der Waals surface area contributed by atoms with Gasteiger partial charge in [-0.3, -0.25) is 0 Å². The molecule has 1 heterocycles. The molecular formula is C13H23NO4. The van der Waals surface area contributed by atoms with Crippen LogP contribution in [0.1, 0.15) is 33.6 Å². The molecule has 1 saturated heterocycles. The highest BCUT2D eigenvalue weighted by Crippen LogP contribution is 2.44. The van der Waals surface area contributed by atoms with E-state index in [9.17, 15) is 4.79 Å². The summed E-state index contributed by atoms with van der Waals surface area (Å²) >= 11 is 0. The van der Waals surface area contributed by atoms with Crippen LogP contribution in [-0.2, 0) is 14.2 Å². The number of hydrogen-bond donors (Lipinski definition) is 0. The molecule has 0 radical (unpaired) electrons. The van der Waals surface area contributed by atoms with E-state index in [1.165, 1.54) is 0 Å². The van der Waals surface area contributed by atoms with Crippen LogP contribution in [0, 0.1) is 0 Å². The van der Waals surface area contributed by atoms with Gasteiger partial charge in [0.2, 0.25) is 0 Å². The molecule has 18 heavy (non-hydrogen) atoms. The first-order chi connectivity index (χ1) is 8.36. The second kappa shape index (κ2) is 4.70. The van der Waals surface area contributed by atoms with Crippen LogP contribution < -0.4 is 0 Å². The molecule has 2 aliphatic rings. The fourth-order valence-corrected chi connectivity index (χ4v) is 2.24. The molecule has 5 heteroatoms. The molecule has 0 bridgehead atoms. The normalized spacial score (nSPS) is 26.9. The Kier molecular flexibility index (Phi) is 3.56. The monoisotopic (exact) mass is 257 g/mol. The van der Waals surface area contributed by atoms with Crippen molar-refractivity contribution >= 4 is 6.09 Å². The van der Waals surface area contributed by atoms with Gasteiger partial charge in [0.25, 0.3) is 0 Å². The van der Waals surface area contributed by atoms with Crippen LogP contribution in [0.15, 0.2) is 0 Å². The Morgan fingerprint density at radius 2 is 2.06 bits per heavy atom. The van der Waals surface area contributed by atoms with Crippen LogP contribution in [-0.4, -0.2) is 55.1 Å². The lowest BCUT2D eigenvalue weighted by Gasteiger charge is -2.37. The molecule has 2 rings (SSSR count). The number of carbonyl (C=O) groups is 1. The number of morpholine rings is 1. The van der Waals surface area contributed by atoms with Crippen molar-refractivity contribution in [1.82, 2.24) is 4.90 Å². The van der Waals surface area contributed by atoms with Crippen molar-refractivity contribution in [3.63, 3.8) is 0 Å². The quantitative estimate of drug-likeness (QED) is 0.757. The molecule has 1 unspecified atom stereocenters. The van der Waals surface area contributed by atoms with Gasteiger partial charge < -0.3 is 19.1 Å². The molecule has 1 aliphatic carbocycles. The summed E-state index contributed by atoms with van der Waals surface area (Å²) in [5.74, 6) is 0. The Hall–Kier alpha value is -0.810. The zero-order chi connectivity index (χ0) is 13.4. The molecule has 1 atom stereocenters. The molecular weight excluding hydrogens is 234 g/mol. The van der Waals surface area contributed by atoms with E-state index in [4.69, 9.17) is 14.2 Å². The van der Waals surface area contributed by atoms with Crippen molar-refractivity contribution in [1.29, 1.82) is 0 Å². The van der Waals surface area contributed by atoms with Gasteiger partial charge in [-0.2, -0.15) is 0 Å². The van der Waals surface area contributed by atoms with Crippen LogP contribution in [0.3, 0.4) is 0 Å². The van der Waals surface area contributed by atoms with Gasteiger partial charge in [-0.05, 0) is 33.6 Å². The molecule has 1 aliphatic heterocycles. The Morgan fingerprint density at radius 3 is 2.56 bits per heavy atom. The highest BCUT2D eigenvalue weighted by atomic mass is 16.6. The van der Waals surface area contributed by atoms with Gasteiger partial charge >= 0.3 is 6.09 Å². The maximum atomic E-state index is 12.0. The number of rotatable bonds is 2. The number of hydrogen-bond acceptors (Lipinski definition) is 4. The van der Waals surface area contributed by atoms with Crippen LogP contribution in [0.4, 0.5) is 4.79 Å². The van der Waals surface area contributed by atoms with Crippen molar-refractivity contribution in [3.05, 3.63) is 0 Å². The predicted molar refractivity (Wildman–Crippen MR) is 66.5 cm³/mol. The molecule has 2 fully saturated rings. The van der Waals surface area contributed by atoms with Gasteiger partial charge in [0.05, 0.1) is 18.8 Å².